The molecule has 1 aliphatic carbocycles. The predicted molar refractivity (Wildman–Crippen MR) is 71.2 cm³/mol. The molecule has 1 aromatic rings. The molecule has 18 heavy (non-hydrogen) atoms. The van der Waals surface area contributed by atoms with E-state index < -0.39 is 0 Å². The number of unbranched alkanes of at least 4 members (excludes halogenated alkanes) is 1. The summed E-state index contributed by atoms with van der Waals surface area (Å²) in [5.74, 6) is 0.578. The standard InChI is InChI=1S/C15H20FNO/c1-2-3-4-9-18-15-8-5-13(16)10-12(15)11-17-14-6-7-14/h2,5,8,10,14,17H,1,3-4,6-7,9,11H2. The molecule has 0 heterocycles. The topological polar surface area (TPSA) is 21.3 Å². The summed E-state index contributed by atoms with van der Waals surface area (Å²) in [5.41, 5.74) is 0.903. The average molecular weight is 249 g/mol. The van der Waals surface area contributed by atoms with Crippen LogP contribution in [-0.2, 0) is 6.54 Å². The van der Waals surface area contributed by atoms with Crippen LogP contribution in [0.1, 0.15) is 31.2 Å². The van der Waals surface area contributed by atoms with Crippen LogP contribution >= 0.6 is 0 Å². The molecule has 0 radical (unpaired) electrons. The largest absolute Gasteiger partial charge is 0.493 e. The summed E-state index contributed by atoms with van der Waals surface area (Å²) in [6, 6.07) is 5.33. The van der Waals surface area contributed by atoms with Crippen molar-refractivity contribution in [1.29, 1.82) is 0 Å². The van der Waals surface area contributed by atoms with Crippen LogP contribution in [0.4, 0.5) is 4.39 Å². The summed E-state index contributed by atoms with van der Waals surface area (Å²) in [5, 5.41) is 3.38. The van der Waals surface area contributed by atoms with E-state index in [0.717, 1.165) is 24.2 Å². The van der Waals surface area contributed by atoms with Gasteiger partial charge in [0.1, 0.15) is 11.6 Å². The molecule has 3 heteroatoms. The van der Waals surface area contributed by atoms with E-state index in [1.807, 2.05) is 6.08 Å². The molecule has 1 aromatic carbocycles. The minimum absolute atomic E-state index is 0.207. The van der Waals surface area contributed by atoms with Crippen LogP contribution < -0.4 is 10.1 Å². The lowest BCUT2D eigenvalue weighted by Gasteiger charge is -2.12. The Kier molecular flexibility index (Phi) is 4.76. The van der Waals surface area contributed by atoms with E-state index in [9.17, 15) is 4.39 Å². The summed E-state index contributed by atoms with van der Waals surface area (Å²) in [6.07, 6.45) is 6.21. The first kappa shape index (κ1) is 13.1. The lowest BCUT2D eigenvalue weighted by molar-refractivity contribution is 0.307. The van der Waals surface area contributed by atoms with E-state index >= 15 is 0 Å². The monoisotopic (exact) mass is 249 g/mol. The zero-order chi connectivity index (χ0) is 12.8. The Balaban J connectivity index is 1.90. The molecule has 1 saturated carbocycles. The summed E-state index contributed by atoms with van der Waals surface area (Å²) in [7, 11) is 0. The second kappa shape index (κ2) is 6.55. The van der Waals surface area contributed by atoms with Gasteiger partial charge in [0.15, 0.2) is 0 Å². The smallest absolute Gasteiger partial charge is 0.123 e. The fourth-order valence-corrected chi connectivity index (χ4v) is 1.78. The molecule has 0 saturated heterocycles. The maximum absolute atomic E-state index is 13.2. The molecule has 1 fully saturated rings. The van der Waals surface area contributed by atoms with Crippen molar-refractivity contribution in [3.8, 4) is 5.75 Å². The van der Waals surface area contributed by atoms with Crippen molar-refractivity contribution in [3.63, 3.8) is 0 Å². The van der Waals surface area contributed by atoms with Gasteiger partial charge >= 0.3 is 0 Å². The first-order chi connectivity index (χ1) is 8.79. The second-order valence-corrected chi connectivity index (χ2v) is 4.69. The summed E-state index contributed by atoms with van der Waals surface area (Å²) < 4.78 is 18.9. The normalized spacial score (nSPS) is 14.5. The molecule has 0 amide bonds. The summed E-state index contributed by atoms with van der Waals surface area (Å²) in [6.45, 7) is 5.00. The molecule has 2 rings (SSSR count). The fraction of sp³-hybridized carbons (Fsp3) is 0.467. The summed E-state index contributed by atoms with van der Waals surface area (Å²) >= 11 is 0. The maximum atomic E-state index is 13.2. The molecule has 0 aliphatic heterocycles. The number of halogens is 1. The number of ether oxygens (including phenoxy) is 1. The SMILES string of the molecule is C=CCCCOc1ccc(F)cc1CNC1CC1. The highest BCUT2D eigenvalue weighted by atomic mass is 19.1. The van der Waals surface area contributed by atoms with Gasteiger partial charge in [0.05, 0.1) is 6.61 Å². The van der Waals surface area contributed by atoms with Crippen LogP contribution in [0.5, 0.6) is 5.75 Å². The number of rotatable bonds is 8. The first-order valence-corrected chi connectivity index (χ1v) is 6.55. The van der Waals surface area contributed by atoms with Crippen LogP contribution in [0, 0.1) is 5.82 Å². The van der Waals surface area contributed by atoms with E-state index in [1.54, 1.807) is 12.1 Å². The van der Waals surface area contributed by atoms with Gasteiger partial charge in [0.25, 0.3) is 0 Å². The third-order valence-corrected chi connectivity index (χ3v) is 2.99. The Bertz CT molecular complexity index is 401. The molecule has 2 nitrogen and oxygen atoms in total. The van der Waals surface area contributed by atoms with Gasteiger partial charge in [-0.25, -0.2) is 4.39 Å². The Morgan fingerprint density at radius 3 is 3.00 bits per heavy atom. The van der Waals surface area contributed by atoms with Crippen molar-refractivity contribution in [1.82, 2.24) is 5.32 Å². The van der Waals surface area contributed by atoms with Gasteiger partial charge in [0, 0.05) is 18.2 Å². The number of hydrogen-bond donors (Lipinski definition) is 1. The highest BCUT2D eigenvalue weighted by molar-refractivity contribution is 5.34. The van der Waals surface area contributed by atoms with Crippen LogP contribution in [0.3, 0.4) is 0 Å². The maximum Gasteiger partial charge on any atom is 0.123 e. The minimum Gasteiger partial charge on any atom is -0.493 e. The van der Waals surface area contributed by atoms with Crippen LogP contribution in [-0.4, -0.2) is 12.6 Å². The third-order valence-electron chi connectivity index (χ3n) is 2.99. The first-order valence-electron chi connectivity index (χ1n) is 6.55. The number of hydrogen-bond acceptors (Lipinski definition) is 2. The Labute approximate surface area is 108 Å². The molecule has 0 bridgehead atoms. The van der Waals surface area contributed by atoms with E-state index in [2.05, 4.69) is 11.9 Å². The Morgan fingerprint density at radius 2 is 2.28 bits per heavy atom. The van der Waals surface area contributed by atoms with E-state index in [1.165, 1.54) is 18.9 Å². The van der Waals surface area contributed by atoms with Gasteiger partial charge in [0.2, 0.25) is 0 Å². The van der Waals surface area contributed by atoms with Gasteiger partial charge in [-0.15, -0.1) is 6.58 Å². The molecular formula is C15H20FNO. The van der Waals surface area contributed by atoms with Gasteiger partial charge < -0.3 is 10.1 Å². The fourth-order valence-electron chi connectivity index (χ4n) is 1.78. The summed E-state index contributed by atoms with van der Waals surface area (Å²) in [4.78, 5) is 0. The third kappa shape index (κ3) is 4.15. The molecule has 98 valence electrons. The van der Waals surface area contributed by atoms with Crippen molar-refractivity contribution < 1.29 is 9.13 Å². The lowest BCUT2D eigenvalue weighted by atomic mass is 10.2. The highest BCUT2D eigenvalue weighted by Crippen LogP contribution is 2.23. The highest BCUT2D eigenvalue weighted by Gasteiger charge is 2.20. The van der Waals surface area contributed by atoms with Gasteiger partial charge in [-0.1, -0.05) is 6.08 Å². The van der Waals surface area contributed by atoms with Crippen molar-refractivity contribution in [2.45, 2.75) is 38.3 Å². The Morgan fingerprint density at radius 1 is 1.44 bits per heavy atom. The number of allylic oxidation sites excluding steroid dienone is 1. The predicted octanol–water partition coefficient (Wildman–Crippen LogP) is 3.42. The molecule has 0 aromatic heterocycles. The van der Waals surface area contributed by atoms with E-state index in [0.29, 0.717) is 19.2 Å². The van der Waals surface area contributed by atoms with Crippen molar-refractivity contribution >= 4 is 0 Å². The zero-order valence-corrected chi connectivity index (χ0v) is 10.6. The number of nitrogens with one attached hydrogen (secondary N) is 1. The van der Waals surface area contributed by atoms with Gasteiger partial charge in [-0.05, 0) is 43.9 Å². The van der Waals surface area contributed by atoms with Crippen LogP contribution in [0.25, 0.3) is 0 Å². The molecule has 0 spiro atoms. The quantitative estimate of drug-likeness (QED) is 0.563. The molecule has 1 N–H and O–H groups in total. The number of benzene rings is 1. The van der Waals surface area contributed by atoms with Crippen molar-refractivity contribution in [2.24, 2.45) is 0 Å². The van der Waals surface area contributed by atoms with Crippen molar-refractivity contribution in [3.05, 3.63) is 42.2 Å². The zero-order valence-electron chi connectivity index (χ0n) is 10.6. The molecule has 1 aliphatic rings. The minimum atomic E-state index is -0.207. The Hall–Kier alpha value is -1.35. The van der Waals surface area contributed by atoms with Crippen molar-refractivity contribution in [2.75, 3.05) is 6.61 Å². The van der Waals surface area contributed by atoms with Crippen LogP contribution in [0.15, 0.2) is 30.9 Å². The van der Waals surface area contributed by atoms with E-state index in [-0.39, 0.29) is 5.82 Å². The van der Waals surface area contributed by atoms with Gasteiger partial charge in [-0.2, -0.15) is 0 Å². The second-order valence-electron chi connectivity index (χ2n) is 4.69. The van der Waals surface area contributed by atoms with Crippen LogP contribution in [0.2, 0.25) is 0 Å². The van der Waals surface area contributed by atoms with E-state index in [4.69, 9.17) is 4.74 Å². The lowest BCUT2D eigenvalue weighted by Crippen LogP contribution is -2.16. The average Bonchev–Trinajstić information content (AvgIpc) is 3.18. The van der Waals surface area contributed by atoms with Gasteiger partial charge in [-0.3, -0.25) is 0 Å². The molecular weight excluding hydrogens is 229 g/mol. The molecule has 0 unspecified atom stereocenters. The molecule has 0 atom stereocenters.